The van der Waals surface area contributed by atoms with Crippen LogP contribution < -0.4 is 0 Å². The third-order valence-corrected chi connectivity index (χ3v) is 2.63. The first-order chi connectivity index (χ1) is 7.83. The maximum absolute atomic E-state index is 5.78. The normalized spacial score (nSPS) is 10.6. The molecule has 0 aliphatic rings. The fourth-order valence-electron chi connectivity index (χ4n) is 1.52. The van der Waals surface area contributed by atoms with Gasteiger partial charge < -0.3 is 4.74 Å². The van der Waals surface area contributed by atoms with Gasteiger partial charge in [-0.3, -0.25) is 0 Å². The van der Waals surface area contributed by atoms with E-state index in [1.165, 1.54) is 25.7 Å². The van der Waals surface area contributed by atoms with Crippen molar-refractivity contribution in [1.29, 1.82) is 0 Å². The van der Waals surface area contributed by atoms with E-state index < -0.39 is 0 Å². The second-order valence-electron chi connectivity index (χ2n) is 3.92. The van der Waals surface area contributed by atoms with Crippen molar-refractivity contribution in [2.45, 2.75) is 45.6 Å². The zero-order valence-electron chi connectivity index (χ0n) is 9.92. The van der Waals surface area contributed by atoms with Crippen LogP contribution in [0.2, 0.25) is 5.15 Å². The largest absolute Gasteiger partial charge is 0.375 e. The maximum atomic E-state index is 5.78. The Labute approximate surface area is 103 Å². The molecule has 0 amide bonds. The maximum Gasteiger partial charge on any atom is 0.129 e. The summed E-state index contributed by atoms with van der Waals surface area (Å²) >= 11 is 5.78. The first-order valence-corrected chi connectivity index (χ1v) is 6.40. The van der Waals surface area contributed by atoms with Crippen LogP contribution in [0.1, 0.15) is 44.7 Å². The van der Waals surface area contributed by atoms with Gasteiger partial charge in [-0.25, -0.2) is 4.98 Å². The molecule has 0 N–H and O–H groups in total. The van der Waals surface area contributed by atoms with Gasteiger partial charge in [0.05, 0.1) is 12.3 Å². The summed E-state index contributed by atoms with van der Waals surface area (Å²) in [6.45, 7) is 3.60. The summed E-state index contributed by atoms with van der Waals surface area (Å²) in [5, 5.41) is 0.532. The number of aromatic nitrogens is 1. The van der Waals surface area contributed by atoms with Crippen molar-refractivity contribution in [1.82, 2.24) is 4.98 Å². The molecule has 1 heterocycles. The van der Waals surface area contributed by atoms with Crippen molar-refractivity contribution in [3.63, 3.8) is 0 Å². The number of hydrogen-bond donors (Lipinski definition) is 0. The Hall–Kier alpha value is -0.600. The monoisotopic (exact) mass is 241 g/mol. The van der Waals surface area contributed by atoms with E-state index in [0.717, 1.165) is 18.7 Å². The Bertz CT molecular complexity index is 291. The van der Waals surface area contributed by atoms with Crippen LogP contribution >= 0.6 is 11.6 Å². The average Bonchev–Trinajstić information content (AvgIpc) is 2.28. The molecule has 0 saturated carbocycles. The smallest absolute Gasteiger partial charge is 0.129 e. The van der Waals surface area contributed by atoms with Gasteiger partial charge in [-0.05, 0) is 18.6 Å². The molecule has 0 spiro atoms. The van der Waals surface area contributed by atoms with Gasteiger partial charge in [-0.2, -0.15) is 0 Å². The first kappa shape index (κ1) is 13.5. The van der Waals surface area contributed by atoms with Gasteiger partial charge in [0.2, 0.25) is 0 Å². The van der Waals surface area contributed by atoms with Crippen LogP contribution in [-0.4, -0.2) is 11.6 Å². The molecule has 0 radical (unpaired) electrons. The highest BCUT2D eigenvalue weighted by atomic mass is 35.5. The van der Waals surface area contributed by atoms with Crippen molar-refractivity contribution in [2.24, 2.45) is 0 Å². The van der Waals surface area contributed by atoms with Gasteiger partial charge in [-0.15, -0.1) is 0 Å². The Balaban J connectivity index is 2.03. The van der Waals surface area contributed by atoms with Gasteiger partial charge in [0.15, 0.2) is 0 Å². The Morgan fingerprint density at radius 1 is 1.19 bits per heavy atom. The molecule has 0 fully saturated rings. The molecule has 0 saturated heterocycles. The fraction of sp³-hybridized carbons (Fsp3) is 0.615. The second-order valence-corrected chi connectivity index (χ2v) is 4.31. The summed E-state index contributed by atoms with van der Waals surface area (Å²) in [5.41, 5.74) is 0.904. The van der Waals surface area contributed by atoms with Crippen LogP contribution in [0.4, 0.5) is 0 Å². The highest BCUT2D eigenvalue weighted by molar-refractivity contribution is 6.29. The predicted octanol–water partition coefficient (Wildman–Crippen LogP) is 4.22. The number of hydrogen-bond acceptors (Lipinski definition) is 2. The summed E-state index contributed by atoms with van der Waals surface area (Å²) in [4.78, 5) is 4.16. The van der Waals surface area contributed by atoms with E-state index in [1.54, 1.807) is 6.07 Å². The third kappa shape index (κ3) is 6.09. The number of ether oxygens (including phenoxy) is 1. The van der Waals surface area contributed by atoms with Crippen molar-refractivity contribution in [3.05, 3.63) is 29.0 Å². The van der Waals surface area contributed by atoms with Crippen LogP contribution in [0.25, 0.3) is 0 Å². The predicted molar refractivity (Wildman–Crippen MR) is 67.7 cm³/mol. The lowest BCUT2D eigenvalue weighted by Crippen LogP contribution is -1.97. The lowest BCUT2D eigenvalue weighted by atomic mass is 10.2. The lowest BCUT2D eigenvalue weighted by molar-refractivity contribution is 0.114. The Morgan fingerprint density at radius 2 is 2.00 bits per heavy atom. The van der Waals surface area contributed by atoms with E-state index >= 15 is 0 Å². The van der Waals surface area contributed by atoms with Crippen LogP contribution in [-0.2, 0) is 11.3 Å². The van der Waals surface area contributed by atoms with E-state index in [0.29, 0.717) is 11.8 Å². The molecule has 0 bridgehead atoms. The second kappa shape index (κ2) is 8.54. The third-order valence-electron chi connectivity index (χ3n) is 2.41. The first-order valence-electron chi connectivity index (χ1n) is 6.02. The van der Waals surface area contributed by atoms with Crippen LogP contribution in [0.3, 0.4) is 0 Å². The quantitative estimate of drug-likeness (QED) is 0.502. The zero-order chi connectivity index (χ0) is 11.6. The van der Waals surface area contributed by atoms with Crippen LogP contribution in [0, 0.1) is 0 Å². The summed E-state index contributed by atoms with van der Waals surface area (Å²) in [6.07, 6.45) is 6.33. The summed E-state index contributed by atoms with van der Waals surface area (Å²) < 4.78 is 5.53. The molecule has 0 aromatic carbocycles. The van der Waals surface area contributed by atoms with E-state index in [4.69, 9.17) is 16.3 Å². The van der Waals surface area contributed by atoms with E-state index in [9.17, 15) is 0 Å². The van der Waals surface area contributed by atoms with E-state index in [1.807, 2.05) is 12.1 Å². The number of rotatable bonds is 8. The Morgan fingerprint density at radius 3 is 2.75 bits per heavy atom. The van der Waals surface area contributed by atoms with Gasteiger partial charge in [-0.1, -0.05) is 50.3 Å². The Kier molecular flexibility index (Phi) is 7.19. The minimum Gasteiger partial charge on any atom is -0.375 e. The number of halogens is 1. The molecule has 1 aromatic rings. The van der Waals surface area contributed by atoms with E-state index in [-0.39, 0.29) is 0 Å². The summed E-state index contributed by atoms with van der Waals surface area (Å²) in [7, 11) is 0. The van der Waals surface area contributed by atoms with Crippen LogP contribution in [0.15, 0.2) is 18.2 Å². The van der Waals surface area contributed by atoms with Crippen molar-refractivity contribution in [2.75, 3.05) is 6.61 Å². The van der Waals surface area contributed by atoms with Crippen LogP contribution in [0.5, 0.6) is 0 Å². The minimum absolute atomic E-state index is 0.532. The highest BCUT2D eigenvalue weighted by Gasteiger charge is 1.96. The average molecular weight is 242 g/mol. The summed E-state index contributed by atoms with van der Waals surface area (Å²) in [5.74, 6) is 0. The number of pyridine rings is 1. The highest BCUT2D eigenvalue weighted by Crippen LogP contribution is 2.07. The minimum atomic E-state index is 0.532. The van der Waals surface area contributed by atoms with Gasteiger partial charge in [0.25, 0.3) is 0 Å². The molecule has 3 heteroatoms. The van der Waals surface area contributed by atoms with Gasteiger partial charge in [0.1, 0.15) is 5.15 Å². The number of unbranched alkanes of at least 4 members (excludes halogenated alkanes) is 4. The van der Waals surface area contributed by atoms with Crippen molar-refractivity contribution < 1.29 is 4.74 Å². The standard InChI is InChI=1S/C13H20ClNO/c1-2-3-4-5-6-10-16-11-12-8-7-9-13(14)15-12/h7-9H,2-6,10-11H2,1H3. The molecule has 2 nitrogen and oxygen atoms in total. The SMILES string of the molecule is CCCCCCCOCc1cccc(Cl)n1. The molecule has 0 aliphatic heterocycles. The topological polar surface area (TPSA) is 22.1 Å². The number of nitrogens with zero attached hydrogens (tertiary/aromatic N) is 1. The summed E-state index contributed by atoms with van der Waals surface area (Å²) in [6, 6.07) is 5.61. The lowest BCUT2D eigenvalue weighted by Gasteiger charge is -2.04. The molecule has 0 atom stereocenters. The fourth-order valence-corrected chi connectivity index (χ4v) is 1.70. The molecule has 90 valence electrons. The van der Waals surface area contributed by atoms with Gasteiger partial charge in [0, 0.05) is 6.61 Å². The molecule has 0 unspecified atom stereocenters. The molecule has 0 aliphatic carbocycles. The molecule has 1 rings (SSSR count). The zero-order valence-corrected chi connectivity index (χ0v) is 10.7. The molecular formula is C13H20ClNO. The molecule has 16 heavy (non-hydrogen) atoms. The van der Waals surface area contributed by atoms with Crippen molar-refractivity contribution >= 4 is 11.6 Å². The molecule has 1 aromatic heterocycles. The molecular weight excluding hydrogens is 222 g/mol. The van der Waals surface area contributed by atoms with E-state index in [2.05, 4.69) is 11.9 Å². The van der Waals surface area contributed by atoms with Crippen molar-refractivity contribution in [3.8, 4) is 0 Å². The van der Waals surface area contributed by atoms with Gasteiger partial charge >= 0.3 is 0 Å².